The molecule has 1 aromatic carbocycles. The number of primary sulfonamides is 1. The standard InChI is InChI=1S/C18H25N3O5S/c1-11-6-7-13(27(19,25)26)9-14(11)20-17(22)10-21-15-5-3-2-4-12(15)8-16(21)18(23)24/h6-7,9,12,15-16H,2-5,8,10H2,1H3,(H,20,22)(H,23,24)(H2,19,25,26). The van der Waals surface area contributed by atoms with Crippen molar-refractivity contribution in [1.82, 2.24) is 4.90 Å². The Labute approximate surface area is 158 Å². The second kappa shape index (κ2) is 7.57. The van der Waals surface area contributed by atoms with Gasteiger partial charge in [0.05, 0.1) is 11.4 Å². The van der Waals surface area contributed by atoms with Crippen molar-refractivity contribution in [2.45, 2.75) is 56.0 Å². The molecule has 1 aliphatic heterocycles. The number of likely N-dealkylation sites (tertiary alicyclic amines) is 1. The van der Waals surface area contributed by atoms with Crippen LogP contribution in [0.1, 0.15) is 37.7 Å². The molecule has 1 heterocycles. The van der Waals surface area contributed by atoms with Gasteiger partial charge in [-0.1, -0.05) is 18.9 Å². The average molecular weight is 395 g/mol. The third kappa shape index (κ3) is 4.31. The Kier molecular flexibility index (Phi) is 5.55. The molecular formula is C18H25N3O5S. The van der Waals surface area contributed by atoms with Crippen LogP contribution in [0.2, 0.25) is 0 Å². The van der Waals surface area contributed by atoms with Gasteiger partial charge in [0.25, 0.3) is 0 Å². The van der Waals surface area contributed by atoms with E-state index in [1.807, 2.05) is 0 Å². The Hall–Kier alpha value is -1.97. The van der Waals surface area contributed by atoms with Crippen LogP contribution < -0.4 is 10.5 Å². The van der Waals surface area contributed by atoms with Crippen molar-refractivity contribution < 1.29 is 23.1 Å². The van der Waals surface area contributed by atoms with Crippen molar-refractivity contribution in [2.24, 2.45) is 11.1 Å². The largest absolute Gasteiger partial charge is 0.480 e. The normalized spacial score (nSPS) is 25.8. The number of amides is 1. The number of aliphatic carboxylic acids is 1. The van der Waals surface area contributed by atoms with Crippen molar-refractivity contribution in [3.63, 3.8) is 0 Å². The van der Waals surface area contributed by atoms with Gasteiger partial charge in [0.1, 0.15) is 6.04 Å². The van der Waals surface area contributed by atoms with Crippen LogP contribution in [0.5, 0.6) is 0 Å². The lowest BCUT2D eigenvalue weighted by atomic mass is 9.85. The fourth-order valence-corrected chi connectivity index (χ4v) is 4.83. The number of sulfonamides is 1. The summed E-state index contributed by atoms with van der Waals surface area (Å²) < 4.78 is 23.1. The Morgan fingerprint density at radius 3 is 2.67 bits per heavy atom. The first kappa shape index (κ1) is 19.8. The van der Waals surface area contributed by atoms with Gasteiger partial charge in [0, 0.05) is 11.7 Å². The lowest BCUT2D eigenvalue weighted by molar-refractivity contribution is -0.143. The molecule has 1 saturated heterocycles. The number of carbonyl (C=O) groups is 2. The molecule has 1 amide bonds. The van der Waals surface area contributed by atoms with Crippen LogP contribution in [-0.2, 0) is 19.6 Å². The van der Waals surface area contributed by atoms with E-state index in [0.29, 0.717) is 23.6 Å². The molecule has 8 nitrogen and oxygen atoms in total. The molecule has 1 aromatic rings. The van der Waals surface area contributed by atoms with Gasteiger partial charge in [-0.15, -0.1) is 0 Å². The summed E-state index contributed by atoms with van der Waals surface area (Å²) >= 11 is 0. The third-order valence-electron chi connectivity index (χ3n) is 5.64. The molecular weight excluding hydrogens is 370 g/mol. The summed E-state index contributed by atoms with van der Waals surface area (Å²) in [5, 5.41) is 17.4. The number of aryl methyl sites for hydroxylation is 1. The van der Waals surface area contributed by atoms with E-state index in [1.54, 1.807) is 17.9 Å². The minimum atomic E-state index is -3.88. The minimum absolute atomic E-state index is 0.0306. The number of fused-ring (bicyclic) bond motifs is 1. The topological polar surface area (TPSA) is 130 Å². The first-order valence-electron chi connectivity index (χ1n) is 9.08. The van der Waals surface area contributed by atoms with E-state index in [0.717, 1.165) is 25.7 Å². The monoisotopic (exact) mass is 395 g/mol. The van der Waals surface area contributed by atoms with Gasteiger partial charge in [-0.25, -0.2) is 13.6 Å². The highest BCUT2D eigenvalue weighted by atomic mass is 32.2. The SMILES string of the molecule is Cc1ccc(S(N)(=O)=O)cc1NC(=O)CN1C(C(=O)O)CC2CCCCC21. The van der Waals surface area contributed by atoms with E-state index >= 15 is 0 Å². The first-order valence-corrected chi connectivity index (χ1v) is 10.6. The van der Waals surface area contributed by atoms with Crippen molar-refractivity contribution in [2.75, 3.05) is 11.9 Å². The maximum absolute atomic E-state index is 12.6. The van der Waals surface area contributed by atoms with E-state index in [9.17, 15) is 23.1 Å². The molecule has 3 rings (SSSR count). The number of carboxylic acids is 1. The average Bonchev–Trinajstić information content (AvgIpc) is 2.95. The fourth-order valence-electron chi connectivity index (χ4n) is 4.29. The smallest absolute Gasteiger partial charge is 0.320 e. The van der Waals surface area contributed by atoms with E-state index < -0.39 is 22.0 Å². The van der Waals surface area contributed by atoms with Crippen molar-refractivity contribution in [3.05, 3.63) is 23.8 Å². The maximum atomic E-state index is 12.6. The molecule has 2 aliphatic rings. The number of hydrogen-bond donors (Lipinski definition) is 3. The summed E-state index contributed by atoms with van der Waals surface area (Å²) in [7, 11) is -3.88. The number of nitrogens with zero attached hydrogens (tertiary/aromatic N) is 1. The predicted molar refractivity (Wildman–Crippen MR) is 99.7 cm³/mol. The number of hydrogen-bond acceptors (Lipinski definition) is 5. The van der Waals surface area contributed by atoms with E-state index in [4.69, 9.17) is 5.14 Å². The van der Waals surface area contributed by atoms with Gasteiger partial charge in [-0.3, -0.25) is 14.5 Å². The van der Waals surface area contributed by atoms with Crippen molar-refractivity contribution in [1.29, 1.82) is 0 Å². The molecule has 0 aromatic heterocycles. The van der Waals surface area contributed by atoms with Crippen LogP contribution in [-0.4, -0.2) is 48.9 Å². The molecule has 3 unspecified atom stereocenters. The minimum Gasteiger partial charge on any atom is -0.480 e. The number of benzene rings is 1. The molecule has 2 fully saturated rings. The molecule has 148 valence electrons. The molecule has 4 N–H and O–H groups in total. The van der Waals surface area contributed by atoms with Crippen LogP contribution in [0.15, 0.2) is 23.1 Å². The second-order valence-electron chi connectivity index (χ2n) is 7.44. The van der Waals surface area contributed by atoms with Gasteiger partial charge in [0.2, 0.25) is 15.9 Å². The number of rotatable bonds is 5. The molecule has 0 spiro atoms. The Morgan fingerprint density at radius 2 is 2.00 bits per heavy atom. The van der Waals surface area contributed by atoms with E-state index in [1.165, 1.54) is 12.1 Å². The molecule has 1 aliphatic carbocycles. The van der Waals surface area contributed by atoms with Crippen LogP contribution in [0.25, 0.3) is 0 Å². The van der Waals surface area contributed by atoms with E-state index in [-0.39, 0.29) is 23.4 Å². The number of carbonyl (C=O) groups excluding carboxylic acids is 1. The molecule has 0 bridgehead atoms. The molecule has 27 heavy (non-hydrogen) atoms. The second-order valence-corrected chi connectivity index (χ2v) is 9.01. The van der Waals surface area contributed by atoms with Crippen LogP contribution in [0.3, 0.4) is 0 Å². The summed E-state index contributed by atoms with van der Waals surface area (Å²) in [6.45, 7) is 1.72. The lowest BCUT2D eigenvalue weighted by Crippen LogP contribution is -2.46. The summed E-state index contributed by atoms with van der Waals surface area (Å²) in [5.41, 5.74) is 1.06. The maximum Gasteiger partial charge on any atom is 0.320 e. The van der Waals surface area contributed by atoms with Crippen molar-refractivity contribution in [3.8, 4) is 0 Å². The third-order valence-corrected chi connectivity index (χ3v) is 6.56. The fraction of sp³-hybridized carbons (Fsp3) is 0.556. The Morgan fingerprint density at radius 1 is 1.30 bits per heavy atom. The highest BCUT2D eigenvalue weighted by molar-refractivity contribution is 7.89. The zero-order chi connectivity index (χ0) is 19.8. The summed E-state index contributed by atoms with van der Waals surface area (Å²) in [6, 6.07) is 3.74. The van der Waals surface area contributed by atoms with Gasteiger partial charge in [-0.05, 0) is 49.8 Å². The van der Waals surface area contributed by atoms with Crippen LogP contribution in [0.4, 0.5) is 5.69 Å². The lowest BCUT2D eigenvalue weighted by Gasteiger charge is -2.32. The summed E-state index contributed by atoms with van der Waals surface area (Å²) in [4.78, 5) is 26.0. The van der Waals surface area contributed by atoms with Gasteiger partial charge in [-0.2, -0.15) is 0 Å². The Balaban J connectivity index is 1.76. The van der Waals surface area contributed by atoms with Crippen LogP contribution >= 0.6 is 0 Å². The van der Waals surface area contributed by atoms with Gasteiger partial charge in [0.15, 0.2) is 0 Å². The quantitative estimate of drug-likeness (QED) is 0.689. The molecule has 1 saturated carbocycles. The van der Waals surface area contributed by atoms with Crippen LogP contribution in [0, 0.1) is 12.8 Å². The summed E-state index contributed by atoms with van der Waals surface area (Å²) in [5.74, 6) is -0.938. The number of nitrogens with two attached hydrogens (primary N) is 1. The highest BCUT2D eigenvalue weighted by Crippen LogP contribution is 2.39. The number of carboxylic acid groups (broad SMARTS) is 1. The zero-order valence-corrected chi connectivity index (χ0v) is 16.0. The number of anilines is 1. The Bertz CT molecular complexity index is 855. The van der Waals surface area contributed by atoms with Gasteiger partial charge < -0.3 is 10.4 Å². The van der Waals surface area contributed by atoms with E-state index in [2.05, 4.69) is 5.32 Å². The van der Waals surface area contributed by atoms with Gasteiger partial charge >= 0.3 is 5.97 Å². The summed E-state index contributed by atoms with van der Waals surface area (Å²) in [6.07, 6.45) is 4.63. The molecule has 0 radical (unpaired) electrons. The molecule has 9 heteroatoms. The highest BCUT2D eigenvalue weighted by Gasteiger charge is 2.45. The first-order chi connectivity index (χ1) is 12.7. The predicted octanol–water partition coefficient (Wildman–Crippen LogP) is 1.30. The number of nitrogens with one attached hydrogen (secondary N) is 1. The van der Waals surface area contributed by atoms with Crippen molar-refractivity contribution >= 4 is 27.6 Å². The zero-order valence-electron chi connectivity index (χ0n) is 15.2. The molecule has 3 atom stereocenters.